The Labute approximate surface area is 197 Å². The van der Waals surface area contributed by atoms with Gasteiger partial charge in [0.2, 0.25) is 0 Å². The second-order valence-electron chi connectivity index (χ2n) is 8.68. The lowest BCUT2D eigenvalue weighted by Crippen LogP contribution is -2.49. The molecule has 180 valence electrons. The van der Waals surface area contributed by atoms with Gasteiger partial charge in [0.25, 0.3) is 0 Å². The van der Waals surface area contributed by atoms with Crippen LogP contribution in [0.15, 0.2) is 18.2 Å². The van der Waals surface area contributed by atoms with E-state index in [2.05, 4.69) is 26.3 Å². The number of amides is 4. The summed E-state index contributed by atoms with van der Waals surface area (Å²) in [6, 6.07) is 4.95. The van der Waals surface area contributed by atoms with Gasteiger partial charge in [0.1, 0.15) is 5.69 Å². The van der Waals surface area contributed by atoms with Crippen molar-refractivity contribution in [2.75, 3.05) is 51.3 Å². The van der Waals surface area contributed by atoms with Crippen molar-refractivity contribution in [3.05, 3.63) is 35.0 Å². The van der Waals surface area contributed by atoms with Gasteiger partial charge in [0, 0.05) is 44.2 Å². The van der Waals surface area contributed by atoms with Crippen LogP contribution in [-0.2, 0) is 4.74 Å². The minimum absolute atomic E-state index is 0.0506. The Kier molecular flexibility index (Phi) is 6.20. The van der Waals surface area contributed by atoms with Crippen LogP contribution in [0.5, 0.6) is 0 Å². The average Bonchev–Trinajstić information content (AvgIpc) is 3.40. The molecule has 0 bridgehead atoms. The standard InChI is InChI=1S/C23H29N7O4/c1-2-24-23(33)29-8-6-14(7-9-29)19-18-20(27-26-19)15-4-3-5-16(17(15)21(18)31)25-22(32)28-30-10-12-34-13-11-30/h3-5,14H,2,6-13H2,1H3,(H,24,33)(H,26,27)(H2,25,28,32). The molecule has 2 fully saturated rings. The summed E-state index contributed by atoms with van der Waals surface area (Å²) in [7, 11) is 0. The Morgan fingerprint density at radius 2 is 1.91 bits per heavy atom. The van der Waals surface area contributed by atoms with Gasteiger partial charge in [-0.05, 0) is 25.8 Å². The van der Waals surface area contributed by atoms with Crippen molar-refractivity contribution in [1.29, 1.82) is 0 Å². The van der Waals surface area contributed by atoms with Gasteiger partial charge in [0.15, 0.2) is 5.78 Å². The smallest absolute Gasteiger partial charge is 0.333 e. The topological polar surface area (TPSA) is 132 Å². The molecule has 0 spiro atoms. The maximum Gasteiger partial charge on any atom is 0.333 e. The quantitative estimate of drug-likeness (QED) is 0.463. The van der Waals surface area contributed by atoms with Crippen LogP contribution in [0.1, 0.15) is 47.3 Å². The highest BCUT2D eigenvalue weighted by Crippen LogP contribution is 2.43. The number of likely N-dealkylation sites (tertiary alicyclic amines) is 1. The van der Waals surface area contributed by atoms with Crippen LogP contribution in [0.4, 0.5) is 15.3 Å². The number of hydrazine groups is 1. The molecule has 2 saturated heterocycles. The van der Waals surface area contributed by atoms with E-state index in [1.54, 1.807) is 11.1 Å². The van der Waals surface area contributed by atoms with Crippen molar-refractivity contribution in [1.82, 2.24) is 30.8 Å². The van der Waals surface area contributed by atoms with E-state index in [0.717, 1.165) is 18.5 Å². The summed E-state index contributed by atoms with van der Waals surface area (Å²) in [6.07, 6.45) is 1.50. The van der Waals surface area contributed by atoms with E-state index in [4.69, 9.17) is 4.74 Å². The molecule has 0 atom stereocenters. The zero-order chi connectivity index (χ0) is 23.7. The van der Waals surface area contributed by atoms with Gasteiger partial charge in [-0.3, -0.25) is 15.3 Å². The van der Waals surface area contributed by atoms with Crippen molar-refractivity contribution < 1.29 is 19.1 Å². The number of ether oxygens (including phenoxy) is 1. The molecule has 0 radical (unpaired) electrons. The fourth-order valence-electron chi connectivity index (χ4n) is 4.90. The normalized spacial score (nSPS) is 18.4. The SMILES string of the molecule is CCNC(=O)N1CCC(c2[nH]nc3c2C(=O)c2c(NC(=O)NN4CCOCC4)cccc2-3)CC1. The van der Waals surface area contributed by atoms with E-state index in [0.29, 0.717) is 74.0 Å². The molecule has 2 aromatic rings. The van der Waals surface area contributed by atoms with Crippen LogP contribution >= 0.6 is 0 Å². The second kappa shape index (κ2) is 9.43. The zero-order valence-electron chi connectivity index (χ0n) is 19.1. The number of H-pyrrole nitrogens is 1. The number of urea groups is 2. The molecule has 34 heavy (non-hydrogen) atoms. The van der Waals surface area contributed by atoms with Crippen molar-refractivity contribution in [3.63, 3.8) is 0 Å². The third kappa shape index (κ3) is 4.12. The van der Waals surface area contributed by atoms with E-state index in [-0.39, 0.29) is 17.7 Å². The Morgan fingerprint density at radius 3 is 2.65 bits per heavy atom. The lowest BCUT2D eigenvalue weighted by atomic mass is 9.90. The minimum atomic E-state index is -0.396. The lowest BCUT2D eigenvalue weighted by molar-refractivity contribution is 0.0207. The highest BCUT2D eigenvalue weighted by Gasteiger charge is 2.37. The van der Waals surface area contributed by atoms with Crippen molar-refractivity contribution in [2.24, 2.45) is 0 Å². The van der Waals surface area contributed by atoms with Gasteiger partial charge in [-0.2, -0.15) is 5.10 Å². The number of ketones is 1. The lowest BCUT2D eigenvalue weighted by Gasteiger charge is -2.31. The van der Waals surface area contributed by atoms with Crippen LogP contribution in [-0.4, -0.2) is 83.9 Å². The Hall–Kier alpha value is -3.44. The first-order valence-electron chi connectivity index (χ1n) is 11.8. The van der Waals surface area contributed by atoms with E-state index in [1.165, 1.54) is 0 Å². The molecule has 0 saturated carbocycles. The number of morpholine rings is 1. The molecule has 3 heterocycles. The molecule has 4 amide bonds. The third-order valence-corrected chi connectivity index (χ3v) is 6.61. The van der Waals surface area contributed by atoms with Crippen LogP contribution in [0.2, 0.25) is 0 Å². The Bertz CT molecular complexity index is 1100. The van der Waals surface area contributed by atoms with Gasteiger partial charge >= 0.3 is 12.1 Å². The first kappa shape index (κ1) is 22.4. The van der Waals surface area contributed by atoms with Gasteiger partial charge < -0.3 is 20.3 Å². The number of anilines is 1. The van der Waals surface area contributed by atoms with Crippen molar-refractivity contribution in [2.45, 2.75) is 25.7 Å². The van der Waals surface area contributed by atoms with Gasteiger partial charge in [-0.1, -0.05) is 12.1 Å². The number of carbonyl (C=O) groups is 3. The van der Waals surface area contributed by atoms with E-state index < -0.39 is 6.03 Å². The number of benzene rings is 1. The van der Waals surface area contributed by atoms with Gasteiger partial charge in [0.05, 0.1) is 35.7 Å². The Balaban J connectivity index is 1.31. The van der Waals surface area contributed by atoms with Crippen LogP contribution in [0.3, 0.4) is 0 Å². The predicted octanol–water partition coefficient (Wildman–Crippen LogP) is 1.90. The maximum atomic E-state index is 13.5. The number of fused-ring (bicyclic) bond motifs is 3. The van der Waals surface area contributed by atoms with E-state index in [9.17, 15) is 14.4 Å². The first-order chi connectivity index (χ1) is 16.6. The minimum Gasteiger partial charge on any atom is -0.379 e. The number of nitrogens with zero attached hydrogens (tertiary/aromatic N) is 3. The number of carbonyl (C=O) groups excluding carboxylic acids is 3. The molecule has 1 aromatic carbocycles. The summed E-state index contributed by atoms with van der Waals surface area (Å²) in [4.78, 5) is 40.0. The number of rotatable bonds is 4. The maximum absolute atomic E-state index is 13.5. The molecular weight excluding hydrogens is 438 g/mol. The van der Waals surface area contributed by atoms with Crippen molar-refractivity contribution in [3.8, 4) is 11.3 Å². The highest BCUT2D eigenvalue weighted by atomic mass is 16.5. The summed E-state index contributed by atoms with van der Waals surface area (Å²) in [6.45, 7) is 6.09. The summed E-state index contributed by atoms with van der Waals surface area (Å²) in [5.74, 6) is -0.0246. The zero-order valence-corrected chi connectivity index (χ0v) is 19.1. The Morgan fingerprint density at radius 1 is 1.15 bits per heavy atom. The summed E-state index contributed by atoms with van der Waals surface area (Å²) < 4.78 is 5.30. The predicted molar refractivity (Wildman–Crippen MR) is 125 cm³/mol. The first-order valence-corrected chi connectivity index (χ1v) is 11.8. The van der Waals surface area contributed by atoms with Crippen LogP contribution in [0, 0.1) is 0 Å². The van der Waals surface area contributed by atoms with Gasteiger partial charge in [-0.15, -0.1) is 0 Å². The van der Waals surface area contributed by atoms with Crippen molar-refractivity contribution >= 4 is 23.5 Å². The van der Waals surface area contributed by atoms with Crippen LogP contribution < -0.4 is 16.1 Å². The molecule has 11 heteroatoms. The summed E-state index contributed by atoms with van der Waals surface area (Å²) in [5.41, 5.74) is 6.46. The molecule has 4 N–H and O–H groups in total. The number of piperidine rings is 1. The highest BCUT2D eigenvalue weighted by molar-refractivity contribution is 6.25. The number of hydrogen-bond acceptors (Lipinski definition) is 6. The fourth-order valence-corrected chi connectivity index (χ4v) is 4.90. The molecule has 5 rings (SSSR count). The molecule has 0 unspecified atom stereocenters. The number of aromatic amines is 1. The number of aromatic nitrogens is 2. The summed E-state index contributed by atoms with van der Waals surface area (Å²) >= 11 is 0. The largest absolute Gasteiger partial charge is 0.379 e. The molecule has 3 aliphatic rings. The summed E-state index contributed by atoms with van der Waals surface area (Å²) in [5, 5.41) is 15.0. The molecule has 1 aromatic heterocycles. The molecular formula is C23H29N7O4. The number of hydrogen-bond donors (Lipinski definition) is 4. The molecule has 2 aliphatic heterocycles. The fraction of sp³-hybridized carbons (Fsp3) is 0.478. The monoisotopic (exact) mass is 467 g/mol. The van der Waals surface area contributed by atoms with Gasteiger partial charge in [-0.25, -0.2) is 14.6 Å². The van der Waals surface area contributed by atoms with E-state index in [1.807, 2.05) is 24.0 Å². The third-order valence-electron chi connectivity index (χ3n) is 6.61. The average molecular weight is 468 g/mol. The molecule has 11 nitrogen and oxygen atoms in total. The number of nitrogens with one attached hydrogen (secondary N) is 4. The second-order valence-corrected chi connectivity index (χ2v) is 8.68. The van der Waals surface area contributed by atoms with Crippen LogP contribution in [0.25, 0.3) is 11.3 Å². The molecule has 1 aliphatic carbocycles. The van der Waals surface area contributed by atoms with E-state index >= 15 is 0 Å².